The Morgan fingerprint density at radius 2 is 1.17 bits per heavy atom. The number of hydrogen-bond acceptors (Lipinski definition) is 2. The molecule has 3 nitrogen and oxygen atoms in total. The van der Waals surface area contributed by atoms with E-state index < -0.39 is 5.95 Å². The third-order valence-corrected chi connectivity index (χ3v) is 10.2. The minimum absolute atomic E-state index is 0. The van der Waals surface area contributed by atoms with Crippen LogP contribution in [0, 0.1) is 12.0 Å². The normalized spacial score (nSPS) is 12.2. The van der Waals surface area contributed by atoms with Gasteiger partial charge in [-0.1, -0.05) is 147 Å². The largest absolute Gasteiger partial charge is 2.00 e. The molecule has 3 aromatic heterocycles. The molecule has 7 rings (SSSR count). The molecule has 0 atom stereocenters. The molecule has 0 aliphatic carbocycles. The van der Waals surface area contributed by atoms with Crippen molar-refractivity contribution >= 4 is 21.8 Å². The first-order chi connectivity index (χ1) is 24.6. The first-order valence-corrected chi connectivity index (χ1v) is 18.4. The number of aromatic nitrogens is 3. The van der Waals surface area contributed by atoms with Crippen LogP contribution in [0.2, 0.25) is 0 Å². The zero-order valence-corrected chi connectivity index (χ0v) is 34.7. The summed E-state index contributed by atoms with van der Waals surface area (Å²) in [6, 6.07) is 35.0. The Labute approximate surface area is 328 Å². The number of pyridine rings is 2. The van der Waals surface area contributed by atoms with Crippen LogP contribution in [0.3, 0.4) is 0 Å². The molecule has 0 saturated heterocycles. The summed E-state index contributed by atoms with van der Waals surface area (Å²) in [7, 11) is 0. The number of nitrogens with zero attached hydrogens (tertiary/aromatic N) is 3. The topological polar surface area (TPSA) is 39.9 Å². The van der Waals surface area contributed by atoms with Gasteiger partial charge < -0.3 is 4.98 Å². The van der Waals surface area contributed by atoms with Crippen LogP contribution in [0.1, 0.15) is 103 Å². The summed E-state index contributed by atoms with van der Waals surface area (Å²) in [4.78, 5) is 14.6. The van der Waals surface area contributed by atoms with Gasteiger partial charge in [-0.25, -0.2) is 0 Å². The van der Waals surface area contributed by atoms with Crippen LogP contribution >= 0.6 is 0 Å². The Morgan fingerprint density at radius 3 is 1.72 bits per heavy atom. The first-order valence-electron chi connectivity index (χ1n) is 18.4. The summed E-state index contributed by atoms with van der Waals surface area (Å²) in [6.45, 7) is 22.5. The van der Waals surface area contributed by atoms with Gasteiger partial charge in [0.2, 0.25) is 5.95 Å². The van der Waals surface area contributed by atoms with Crippen molar-refractivity contribution in [2.24, 2.45) is 0 Å². The summed E-state index contributed by atoms with van der Waals surface area (Å²) in [6.07, 6.45) is 1.85. The second-order valence-electron chi connectivity index (χ2n) is 16.8. The minimum atomic E-state index is -0.513. The van der Waals surface area contributed by atoms with Gasteiger partial charge in [0.15, 0.2) is 0 Å². The van der Waals surface area contributed by atoms with E-state index in [4.69, 9.17) is 9.97 Å². The molecule has 0 spiro atoms. The minimum Gasteiger partial charge on any atom is -0.662 e. The molecule has 0 fully saturated rings. The molecule has 0 bridgehead atoms. The summed E-state index contributed by atoms with van der Waals surface area (Å²) in [5, 5.41) is 2.22. The summed E-state index contributed by atoms with van der Waals surface area (Å²) < 4.78 is 14.7. The molecular weight excluding hydrogens is 833 g/mol. The second kappa shape index (κ2) is 14.4. The zero-order chi connectivity index (χ0) is 37.1. The summed E-state index contributed by atoms with van der Waals surface area (Å²) >= 11 is 0. The molecule has 0 unspecified atom stereocenters. The molecule has 7 aromatic rings. The molecule has 272 valence electrons. The van der Waals surface area contributed by atoms with Gasteiger partial charge in [0.1, 0.15) is 0 Å². The molecule has 0 aliphatic rings. The maximum atomic E-state index is 14.7. The van der Waals surface area contributed by atoms with E-state index in [9.17, 15) is 4.39 Å². The van der Waals surface area contributed by atoms with Crippen molar-refractivity contribution in [1.82, 2.24) is 15.0 Å². The van der Waals surface area contributed by atoms with Crippen molar-refractivity contribution in [3.8, 4) is 44.8 Å². The average Bonchev–Trinajstić information content (AvgIpc) is 3.48. The molecule has 53 heavy (non-hydrogen) atoms. The van der Waals surface area contributed by atoms with Crippen molar-refractivity contribution in [2.75, 3.05) is 0 Å². The van der Waals surface area contributed by atoms with Gasteiger partial charge in [0.25, 0.3) is 0 Å². The van der Waals surface area contributed by atoms with Crippen LogP contribution in [0.5, 0.6) is 0 Å². The molecule has 3 heterocycles. The average molecular weight is 881 g/mol. The maximum Gasteiger partial charge on any atom is 2.00 e. The van der Waals surface area contributed by atoms with Crippen LogP contribution in [0.15, 0.2) is 97.2 Å². The second-order valence-corrected chi connectivity index (χ2v) is 16.8. The maximum absolute atomic E-state index is 14.7. The van der Waals surface area contributed by atoms with Crippen molar-refractivity contribution in [1.29, 1.82) is 0 Å². The van der Waals surface area contributed by atoms with Gasteiger partial charge in [-0.3, -0.25) is 9.97 Å². The van der Waals surface area contributed by atoms with Gasteiger partial charge in [-0.15, -0.1) is 29.3 Å². The fourth-order valence-corrected chi connectivity index (χ4v) is 7.26. The molecule has 0 amide bonds. The number of fused-ring (bicyclic) bond motifs is 3. The standard InChI is InChI=1S/C48H48FN3.Pt/c1-28(2)35-15-13-16-36(29(3)4)44(35)32-22-30(21-31(23-32)41-18-14-19-43(49)51-41)37-24-33(47(5,6)7)25-38-39-26-34(48(8,9)10)27-40(46(39)52-45(37)38)42-17-11-12-20-50-42;/h11-20,22-29H,1-10H3;/q-2;+2. The summed E-state index contributed by atoms with van der Waals surface area (Å²) in [5.41, 5.74) is 14.0. The molecular formula is C48H48FN3Pt. The van der Waals surface area contributed by atoms with Crippen molar-refractivity contribution in [3.63, 3.8) is 0 Å². The van der Waals surface area contributed by atoms with Gasteiger partial charge in [0, 0.05) is 11.9 Å². The van der Waals surface area contributed by atoms with Crippen LogP contribution in [-0.2, 0) is 31.9 Å². The predicted molar refractivity (Wildman–Crippen MR) is 216 cm³/mol. The Morgan fingerprint density at radius 1 is 0.623 bits per heavy atom. The van der Waals surface area contributed by atoms with Crippen LogP contribution < -0.4 is 4.98 Å². The number of hydrogen-bond donors (Lipinski definition) is 0. The van der Waals surface area contributed by atoms with E-state index in [0.717, 1.165) is 55.3 Å². The van der Waals surface area contributed by atoms with Crippen molar-refractivity contribution in [3.05, 3.63) is 131 Å². The van der Waals surface area contributed by atoms with E-state index in [2.05, 4.69) is 141 Å². The van der Waals surface area contributed by atoms with Crippen LogP contribution in [0.25, 0.3) is 66.6 Å². The van der Waals surface area contributed by atoms with E-state index >= 15 is 0 Å². The fraction of sp³-hybridized carbons (Fsp3) is 0.292. The summed E-state index contributed by atoms with van der Waals surface area (Å²) in [5.74, 6) is 0.0928. The number of halogens is 1. The van der Waals surface area contributed by atoms with E-state index in [1.165, 1.54) is 33.9 Å². The van der Waals surface area contributed by atoms with E-state index in [1.807, 2.05) is 24.4 Å². The molecule has 0 aliphatic heterocycles. The van der Waals surface area contributed by atoms with Crippen molar-refractivity contribution < 1.29 is 25.5 Å². The zero-order valence-electron chi connectivity index (χ0n) is 32.4. The predicted octanol–water partition coefficient (Wildman–Crippen LogP) is 13.2. The molecule has 0 saturated carbocycles. The fourth-order valence-electron chi connectivity index (χ4n) is 7.26. The van der Waals surface area contributed by atoms with Gasteiger partial charge in [-0.05, 0) is 85.0 Å². The third kappa shape index (κ3) is 7.41. The quantitative estimate of drug-likeness (QED) is 0.123. The number of rotatable bonds is 6. The van der Waals surface area contributed by atoms with Gasteiger partial charge >= 0.3 is 21.1 Å². The molecule has 0 N–H and O–H groups in total. The Balaban J connectivity index is 0.00000481. The Kier molecular flexibility index (Phi) is 10.4. The smallest absolute Gasteiger partial charge is 0.662 e. The van der Waals surface area contributed by atoms with Gasteiger partial charge in [0.05, 0.1) is 5.69 Å². The Hall–Kier alpha value is -4.40. The van der Waals surface area contributed by atoms with E-state index in [-0.39, 0.29) is 31.9 Å². The van der Waals surface area contributed by atoms with Crippen LogP contribution in [-0.4, -0.2) is 9.97 Å². The van der Waals surface area contributed by atoms with E-state index in [1.54, 1.807) is 6.07 Å². The molecule has 4 aromatic carbocycles. The van der Waals surface area contributed by atoms with Crippen LogP contribution in [0.4, 0.5) is 4.39 Å². The van der Waals surface area contributed by atoms with E-state index in [0.29, 0.717) is 17.5 Å². The number of benzene rings is 4. The Bertz CT molecular complexity index is 2420. The molecule has 5 heteroatoms. The van der Waals surface area contributed by atoms with Gasteiger partial charge in [-0.2, -0.15) is 9.91 Å². The third-order valence-electron chi connectivity index (χ3n) is 10.2. The SMILES string of the molecule is CC(C)c1cccc(C(C)C)c1-c1cc(-c2cccc(F)n2)[c-]c(-c2cc(C(C)(C)C)cc3c2[n-]c2c(-c4ccccn4)cc(C(C)(C)C)cc23)c1.[Pt+2]. The molecule has 0 radical (unpaired) electrons. The first kappa shape index (κ1) is 38.3. The monoisotopic (exact) mass is 880 g/mol. The van der Waals surface area contributed by atoms with Crippen molar-refractivity contribution in [2.45, 2.75) is 91.9 Å².